The zero-order valence-electron chi connectivity index (χ0n) is 12.2. The topological polar surface area (TPSA) is 76.7 Å². The highest BCUT2D eigenvalue weighted by molar-refractivity contribution is 6.31. The summed E-state index contributed by atoms with van der Waals surface area (Å²) in [6.07, 6.45) is -1.75. The number of rotatable bonds is 2. The molecule has 2 N–H and O–H groups in total. The summed E-state index contributed by atoms with van der Waals surface area (Å²) in [6.45, 7) is 3.24. The molecule has 3 rings (SSSR count). The maximum atomic E-state index is 13.7. The van der Waals surface area contributed by atoms with Crippen LogP contribution in [0, 0.1) is 11.6 Å². The number of carbonyl (C=O) groups excluding carboxylic acids is 2. The van der Waals surface area contributed by atoms with Crippen LogP contribution in [-0.4, -0.2) is 35.9 Å². The number of anilines is 1. The van der Waals surface area contributed by atoms with Crippen LogP contribution < -0.4 is 10.6 Å². The number of hydrogen-bond acceptors (Lipinski definition) is 4. The van der Waals surface area contributed by atoms with Crippen molar-refractivity contribution in [2.75, 3.05) is 5.32 Å². The lowest BCUT2D eigenvalue weighted by molar-refractivity contribution is -0.163. The molecule has 0 aromatic heterocycles. The molecule has 2 heterocycles. The lowest BCUT2D eigenvalue weighted by Crippen LogP contribution is -2.45. The van der Waals surface area contributed by atoms with Gasteiger partial charge >= 0.3 is 0 Å². The molecule has 1 aromatic carbocycles. The SMILES string of the molecule is CC1(C)O[C@H]2[C@@H](C(=O)Nc3cc(Cl)c(F)cc3F)NC(=O)[C@H]2O1. The average molecular weight is 347 g/mol. The van der Waals surface area contributed by atoms with Gasteiger partial charge in [0.15, 0.2) is 11.9 Å². The minimum absolute atomic E-state index is 0.294. The first-order valence-electron chi connectivity index (χ1n) is 6.79. The van der Waals surface area contributed by atoms with Crippen LogP contribution in [0.5, 0.6) is 0 Å². The Morgan fingerprint density at radius 3 is 2.70 bits per heavy atom. The number of fused-ring (bicyclic) bond motifs is 1. The molecule has 2 aliphatic heterocycles. The van der Waals surface area contributed by atoms with Gasteiger partial charge in [-0.25, -0.2) is 8.78 Å². The third kappa shape index (κ3) is 2.89. The predicted octanol–water partition coefficient (Wildman–Crippen LogP) is 1.58. The number of halogens is 3. The molecule has 2 fully saturated rings. The summed E-state index contributed by atoms with van der Waals surface area (Å²) >= 11 is 5.57. The highest BCUT2D eigenvalue weighted by Crippen LogP contribution is 2.34. The number of amides is 2. The van der Waals surface area contributed by atoms with E-state index in [2.05, 4.69) is 10.6 Å². The van der Waals surface area contributed by atoms with E-state index in [-0.39, 0.29) is 10.7 Å². The minimum Gasteiger partial charge on any atom is -0.341 e. The molecular weight excluding hydrogens is 334 g/mol. The molecule has 3 atom stereocenters. The van der Waals surface area contributed by atoms with Crippen molar-refractivity contribution >= 4 is 29.1 Å². The fourth-order valence-corrected chi connectivity index (χ4v) is 2.76. The Morgan fingerprint density at radius 2 is 2.00 bits per heavy atom. The molecule has 2 amide bonds. The van der Waals surface area contributed by atoms with Crippen molar-refractivity contribution in [3.8, 4) is 0 Å². The van der Waals surface area contributed by atoms with Crippen molar-refractivity contribution in [2.45, 2.75) is 37.9 Å². The van der Waals surface area contributed by atoms with E-state index in [1.807, 2.05) is 0 Å². The standard InChI is InChI=1S/C14H13ClF2N2O4/c1-14(2)22-10-9(19-13(21)11(10)23-14)12(20)18-8-3-5(15)6(16)4-7(8)17/h3-4,9-11H,1-2H3,(H,18,20)(H,19,21)/t9-,10-,11-/m0/s1. The second kappa shape index (κ2) is 5.40. The minimum atomic E-state index is -1.06. The Balaban J connectivity index is 1.79. The number of carbonyl (C=O) groups is 2. The molecule has 2 aliphatic rings. The van der Waals surface area contributed by atoms with Gasteiger partial charge in [0.1, 0.15) is 23.8 Å². The zero-order valence-corrected chi connectivity index (χ0v) is 12.9. The van der Waals surface area contributed by atoms with Crippen LogP contribution in [0.2, 0.25) is 5.02 Å². The maximum Gasteiger partial charge on any atom is 0.252 e. The van der Waals surface area contributed by atoms with Crippen LogP contribution in [0.15, 0.2) is 12.1 Å². The predicted molar refractivity (Wildman–Crippen MR) is 75.8 cm³/mol. The quantitative estimate of drug-likeness (QED) is 0.797. The van der Waals surface area contributed by atoms with Gasteiger partial charge in [0.05, 0.1) is 10.7 Å². The molecule has 124 valence electrons. The second-order valence-corrected chi connectivity index (χ2v) is 6.15. The van der Waals surface area contributed by atoms with E-state index < -0.39 is 47.5 Å². The van der Waals surface area contributed by atoms with Crippen LogP contribution in [-0.2, 0) is 19.1 Å². The molecule has 1 aromatic rings. The van der Waals surface area contributed by atoms with E-state index in [0.717, 1.165) is 6.07 Å². The Morgan fingerprint density at radius 1 is 1.30 bits per heavy atom. The Bertz CT molecular complexity index is 698. The molecule has 0 unspecified atom stereocenters. The van der Waals surface area contributed by atoms with Gasteiger partial charge in [-0.2, -0.15) is 0 Å². The first kappa shape index (κ1) is 16.1. The van der Waals surface area contributed by atoms with Gasteiger partial charge in [-0.1, -0.05) is 11.6 Å². The third-order valence-corrected chi connectivity index (χ3v) is 3.85. The van der Waals surface area contributed by atoms with Crippen molar-refractivity contribution in [1.29, 1.82) is 0 Å². The van der Waals surface area contributed by atoms with Crippen LogP contribution in [0.25, 0.3) is 0 Å². The number of benzene rings is 1. The fourth-order valence-electron chi connectivity index (χ4n) is 2.60. The smallest absolute Gasteiger partial charge is 0.252 e. The summed E-state index contributed by atoms with van der Waals surface area (Å²) in [5.41, 5.74) is -0.294. The summed E-state index contributed by atoms with van der Waals surface area (Å²) < 4.78 is 37.8. The second-order valence-electron chi connectivity index (χ2n) is 5.74. The van der Waals surface area contributed by atoms with Crippen LogP contribution in [0.1, 0.15) is 13.8 Å². The molecule has 0 spiro atoms. The third-order valence-electron chi connectivity index (χ3n) is 3.56. The van der Waals surface area contributed by atoms with E-state index in [0.29, 0.717) is 6.07 Å². The van der Waals surface area contributed by atoms with Gasteiger partial charge in [0, 0.05) is 6.07 Å². The molecule has 0 bridgehead atoms. The largest absolute Gasteiger partial charge is 0.341 e. The Kier molecular flexibility index (Phi) is 3.78. The highest BCUT2D eigenvalue weighted by atomic mass is 35.5. The van der Waals surface area contributed by atoms with Crippen LogP contribution >= 0.6 is 11.6 Å². The molecule has 2 saturated heterocycles. The van der Waals surface area contributed by atoms with Crippen molar-refractivity contribution in [3.63, 3.8) is 0 Å². The first-order valence-corrected chi connectivity index (χ1v) is 7.17. The Labute approximate surface area is 135 Å². The van der Waals surface area contributed by atoms with Gasteiger partial charge < -0.3 is 20.1 Å². The molecule has 6 nitrogen and oxygen atoms in total. The van der Waals surface area contributed by atoms with E-state index in [1.54, 1.807) is 13.8 Å². The van der Waals surface area contributed by atoms with Crippen LogP contribution in [0.3, 0.4) is 0 Å². The van der Waals surface area contributed by atoms with Gasteiger partial charge in [0.25, 0.3) is 5.91 Å². The monoisotopic (exact) mass is 346 g/mol. The molecule has 0 radical (unpaired) electrons. The zero-order chi connectivity index (χ0) is 16.9. The van der Waals surface area contributed by atoms with Gasteiger partial charge in [-0.05, 0) is 19.9 Å². The number of hydrogen-bond donors (Lipinski definition) is 2. The summed E-state index contributed by atoms with van der Waals surface area (Å²) in [5.74, 6) is -4.13. The summed E-state index contributed by atoms with van der Waals surface area (Å²) in [4.78, 5) is 24.1. The molecule has 0 saturated carbocycles. The average Bonchev–Trinajstić information content (AvgIpc) is 2.91. The van der Waals surface area contributed by atoms with E-state index in [9.17, 15) is 18.4 Å². The van der Waals surface area contributed by atoms with E-state index >= 15 is 0 Å². The first-order chi connectivity index (χ1) is 10.7. The fraction of sp³-hybridized carbons (Fsp3) is 0.429. The van der Waals surface area contributed by atoms with Gasteiger partial charge in [0.2, 0.25) is 5.91 Å². The summed E-state index contributed by atoms with van der Waals surface area (Å²) in [7, 11) is 0. The Hall–Kier alpha value is -1.77. The molecular formula is C14H13ClF2N2O4. The maximum absolute atomic E-state index is 13.7. The van der Waals surface area contributed by atoms with Crippen molar-refractivity contribution in [2.24, 2.45) is 0 Å². The number of nitrogens with one attached hydrogen (secondary N) is 2. The molecule has 23 heavy (non-hydrogen) atoms. The number of ether oxygens (including phenoxy) is 2. The van der Waals surface area contributed by atoms with E-state index in [1.165, 1.54) is 0 Å². The lowest BCUT2D eigenvalue weighted by atomic mass is 10.1. The van der Waals surface area contributed by atoms with Crippen molar-refractivity contribution in [1.82, 2.24) is 5.32 Å². The normalized spacial score (nSPS) is 28.4. The molecule has 0 aliphatic carbocycles. The summed E-state index contributed by atoms with van der Waals surface area (Å²) in [5, 5.41) is 4.36. The van der Waals surface area contributed by atoms with E-state index in [4.69, 9.17) is 21.1 Å². The van der Waals surface area contributed by atoms with Crippen molar-refractivity contribution < 1.29 is 27.8 Å². The summed E-state index contributed by atoms with van der Waals surface area (Å²) in [6, 6.07) is 0.457. The van der Waals surface area contributed by atoms with Gasteiger partial charge in [-0.3, -0.25) is 9.59 Å². The molecule has 9 heteroatoms. The van der Waals surface area contributed by atoms with Crippen molar-refractivity contribution in [3.05, 3.63) is 28.8 Å². The van der Waals surface area contributed by atoms with Gasteiger partial charge in [-0.15, -0.1) is 0 Å². The van der Waals surface area contributed by atoms with Crippen LogP contribution in [0.4, 0.5) is 14.5 Å². The highest BCUT2D eigenvalue weighted by Gasteiger charge is 2.56. The lowest BCUT2D eigenvalue weighted by Gasteiger charge is -2.21.